The molecule has 2 aromatic heterocycles. The summed E-state index contributed by atoms with van der Waals surface area (Å²) in [6, 6.07) is 15.0. The number of thiazole rings is 1. The van der Waals surface area contributed by atoms with Crippen LogP contribution in [-0.4, -0.2) is 25.8 Å². The highest BCUT2D eigenvalue weighted by Crippen LogP contribution is 2.27. The van der Waals surface area contributed by atoms with Gasteiger partial charge >= 0.3 is 5.69 Å². The Morgan fingerprint density at radius 1 is 1.03 bits per heavy atom. The summed E-state index contributed by atoms with van der Waals surface area (Å²) in [5.41, 5.74) is 2.83. The fraction of sp³-hybridized carbons (Fsp3) is 0.250. The number of amides is 1. The third kappa shape index (κ3) is 4.94. The largest absolute Gasteiger partial charge is 0.350 e. The molecule has 0 aliphatic rings. The van der Waals surface area contributed by atoms with Gasteiger partial charge in [0.05, 0.1) is 5.69 Å². The van der Waals surface area contributed by atoms with E-state index >= 15 is 0 Å². The summed E-state index contributed by atoms with van der Waals surface area (Å²) in [5.74, 6) is 0.457. The van der Waals surface area contributed by atoms with Crippen molar-refractivity contribution in [1.29, 1.82) is 0 Å². The zero-order chi connectivity index (χ0) is 23.5. The number of fused-ring (bicyclic) bond motifs is 1. The van der Waals surface area contributed by atoms with Crippen molar-refractivity contribution in [2.24, 2.45) is 0 Å². The average molecular weight is 481 g/mol. The van der Waals surface area contributed by atoms with Crippen LogP contribution in [0.2, 0.25) is 0 Å². The number of nitrogens with one attached hydrogen (secondary N) is 1. The van der Waals surface area contributed by atoms with Gasteiger partial charge in [-0.2, -0.15) is 0 Å². The van der Waals surface area contributed by atoms with Gasteiger partial charge in [0.1, 0.15) is 11.2 Å². The Morgan fingerprint density at radius 2 is 1.67 bits per heavy atom. The van der Waals surface area contributed by atoms with Crippen LogP contribution < -0.4 is 16.6 Å². The molecule has 0 saturated heterocycles. The van der Waals surface area contributed by atoms with E-state index in [1.54, 1.807) is 12.1 Å². The van der Waals surface area contributed by atoms with Gasteiger partial charge in [0.2, 0.25) is 5.91 Å². The van der Waals surface area contributed by atoms with Crippen LogP contribution in [0.4, 0.5) is 0 Å². The Kier molecular flexibility index (Phi) is 6.80. The summed E-state index contributed by atoms with van der Waals surface area (Å²) in [6.45, 7) is 6.05. The second-order valence-electron chi connectivity index (χ2n) is 7.67. The van der Waals surface area contributed by atoms with E-state index in [2.05, 4.69) is 10.3 Å². The number of aryl methyl sites for hydroxylation is 2. The van der Waals surface area contributed by atoms with Gasteiger partial charge in [0.25, 0.3) is 5.56 Å². The predicted octanol–water partition coefficient (Wildman–Crippen LogP) is 3.65. The number of thioether (sulfide) groups is 1. The second-order valence-corrected chi connectivity index (χ2v) is 10.2. The molecule has 1 N–H and O–H groups in total. The van der Waals surface area contributed by atoms with E-state index < -0.39 is 11.2 Å². The Morgan fingerprint density at radius 3 is 2.30 bits per heavy atom. The van der Waals surface area contributed by atoms with E-state index in [0.717, 1.165) is 27.0 Å². The van der Waals surface area contributed by atoms with E-state index in [1.165, 1.54) is 27.7 Å². The van der Waals surface area contributed by atoms with Crippen molar-refractivity contribution in [2.75, 3.05) is 5.75 Å². The summed E-state index contributed by atoms with van der Waals surface area (Å²) in [6.07, 6.45) is 0. The topological polar surface area (TPSA) is 86.0 Å². The maximum Gasteiger partial charge on any atom is 0.337 e. The highest BCUT2D eigenvalue weighted by Gasteiger charge is 2.20. The van der Waals surface area contributed by atoms with Crippen LogP contribution in [0.3, 0.4) is 0 Å². The van der Waals surface area contributed by atoms with Gasteiger partial charge in [-0.25, -0.2) is 14.3 Å². The predicted molar refractivity (Wildman–Crippen MR) is 134 cm³/mol. The second kappa shape index (κ2) is 9.76. The van der Waals surface area contributed by atoms with E-state index in [9.17, 15) is 14.4 Å². The zero-order valence-corrected chi connectivity index (χ0v) is 20.3. The molecule has 0 bridgehead atoms. The van der Waals surface area contributed by atoms with Crippen LogP contribution in [0.1, 0.15) is 23.6 Å². The SMILES string of the molecule is CCSc1nc2c(s1)c(=O)n(-c1ccc(C)cc1)c(=O)n2CC(=O)NCc1ccc(C)cc1. The third-order valence-corrected chi connectivity index (χ3v) is 7.19. The normalized spacial score (nSPS) is 11.1. The van der Waals surface area contributed by atoms with Gasteiger partial charge in [0, 0.05) is 6.54 Å². The van der Waals surface area contributed by atoms with Crippen molar-refractivity contribution in [1.82, 2.24) is 19.4 Å². The summed E-state index contributed by atoms with van der Waals surface area (Å²) >= 11 is 2.75. The van der Waals surface area contributed by atoms with Crippen molar-refractivity contribution >= 4 is 39.4 Å². The average Bonchev–Trinajstić information content (AvgIpc) is 3.22. The van der Waals surface area contributed by atoms with Gasteiger partial charge < -0.3 is 5.32 Å². The Hall–Kier alpha value is -3.17. The van der Waals surface area contributed by atoms with Crippen molar-refractivity contribution in [3.05, 3.63) is 86.1 Å². The highest BCUT2D eigenvalue weighted by atomic mass is 32.2. The molecule has 0 radical (unpaired) electrons. The third-order valence-electron chi connectivity index (χ3n) is 5.14. The minimum absolute atomic E-state index is 0.229. The summed E-state index contributed by atoms with van der Waals surface area (Å²) in [5, 5.41) is 2.86. The quantitative estimate of drug-likeness (QED) is 0.408. The molecule has 33 heavy (non-hydrogen) atoms. The number of nitrogens with zero attached hydrogens (tertiary/aromatic N) is 3. The molecule has 4 aromatic rings. The lowest BCUT2D eigenvalue weighted by Crippen LogP contribution is -2.41. The minimum Gasteiger partial charge on any atom is -0.350 e. The highest BCUT2D eigenvalue weighted by molar-refractivity contribution is 8.01. The van der Waals surface area contributed by atoms with Gasteiger partial charge in [-0.3, -0.25) is 14.2 Å². The number of carbonyl (C=O) groups excluding carboxylic acids is 1. The first-order chi connectivity index (χ1) is 15.9. The molecule has 1 amide bonds. The molecular weight excluding hydrogens is 456 g/mol. The first-order valence-corrected chi connectivity index (χ1v) is 12.4. The number of carbonyl (C=O) groups is 1. The van der Waals surface area contributed by atoms with Crippen molar-refractivity contribution in [2.45, 2.75) is 38.2 Å². The number of aromatic nitrogens is 3. The molecule has 2 aromatic carbocycles. The molecule has 170 valence electrons. The molecule has 0 aliphatic heterocycles. The molecule has 9 heteroatoms. The summed E-state index contributed by atoms with van der Waals surface area (Å²) in [4.78, 5) is 43.9. The van der Waals surface area contributed by atoms with Crippen molar-refractivity contribution < 1.29 is 4.79 Å². The van der Waals surface area contributed by atoms with Crippen LogP contribution in [-0.2, 0) is 17.9 Å². The van der Waals surface area contributed by atoms with Crippen molar-refractivity contribution in [3.63, 3.8) is 0 Å². The molecule has 0 unspecified atom stereocenters. The lowest BCUT2D eigenvalue weighted by atomic mass is 10.1. The molecular formula is C24H24N4O3S2. The van der Waals surface area contributed by atoms with E-state index in [4.69, 9.17) is 0 Å². The Bertz CT molecular complexity index is 1420. The number of hydrogen-bond acceptors (Lipinski definition) is 6. The first kappa shape index (κ1) is 23.0. The Labute approximate surface area is 199 Å². The summed E-state index contributed by atoms with van der Waals surface area (Å²) in [7, 11) is 0. The molecule has 7 nitrogen and oxygen atoms in total. The van der Waals surface area contributed by atoms with Crippen LogP contribution >= 0.6 is 23.1 Å². The molecule has 0 aliphatic carbocycles. The van der Waals surface area contributed by atoms with Crippen LogP contribution in [0.25, 0.3) is 16.0 Å². The lowest BCUT2D eigenvalue weighted by molar-refractivity contribution is -0.121. The molecule has 0 saturated carbocycles. The van der Waals surface area contributed by atoms with Crippen LogP contribution in [0, 0.1) is 13.8 Å². The smallest absolute Gasteiger partial charge is 0.337 e. The van der Waals surface area contributed by atoms with Gasteiger partial charge in [-0.05, 0) is 37.3 Å². The van der Waals surface area contributed by atoms with Gasteiger partial charge in [-0.15, -0.1) is 11.3 Å². The number of rotatable bonds is 7. The lowest BCUT2D eigenvalue weighted by Gasteiger charge is -2.12. The standard InChI is InChI=1S/C24H24N4O3S2/c1-4-32-23-26-21-20(33-23)22(30)28(18-11-7-16(3)8-12-18)24(31)27(21)14-19(29)25-13-17-9-5-15(2)6-10-17/h5-12H,4,13-14H2,1-3H3,(H,25,29). The maximum absolute atomic E-state index is 13.4. The summed E-state index contributed by atoms with van der Waals surface area (Å²) < 4.78 is 3.46. The molecule has 0 fully saturated rings. The number of hydrogen-bond donors (Lipinski definition) is 1. The molecule has 0 spiro atoms. The van der Waals surface area contributed by atoms with Crippen molar-refractivity contribution in [3.8, 4) is 5.69 Å². The fourth-order valence-electron chi connectivity index (χ4n) is 3.37. The first-order valence-electron chi connectivity index (χ1n) is 10.6. The maximum atomic E-state index is 13.4. The monoisotopic (exact) mass is 480 g/mol. The molecule has 2 heterocycles. The number of benzene rings is 2. The van der Waals surface area contributed by atoms with E-state index in [0.29, 0.717) is 21.3 Å². The molecule has 0 atom stereocenters. The van der Waals surface area contributed by atoms with Crippen LogP contribution in [0.5, 0.6) is 0 Å². The minimum atomic E-state index is -0.583. The van der Waals surface area contributed by atoms with Gasteiger partial charge in [-0.1, -0.05) is 66.2 Å². The van der Waals surface area contributed by atoms with E-state index in [-0.39, 0.29) is 18.1 Å². The van der Waals surface area contributed by atoms with E-state index in [1.807, 2.05) is 57.2 Å². The molecule has 4 rings (SSSR count). The van der Waals surface area contributed by atoms with Crippen LogP contribution in [0.15, 0.2) is 62.5 Å². The fourth-order valence-corrected chi connectivity index (χ4v) is 5.34. The Balaban J connectivity index is 1.74. The zero-order valence-electron chi connectivity index (χ0n) is 18.6. The van der Waals surface area contributed by atoms with Gasteiger partial charge in [0.15, 0.2) is 9.99 Å².